The summed E-state index contributed by atoms with van der Waals surface area (Å²) >= 11 is 0. The number of rotatable bonds is 6. The Morgan fingerprint density at radius 2 is 2.39 bits per heavy atom. The van der Waals surface area contributed by atoms with Gasteiger partial charge in [-0.15, -0.1) is 6.58 Å². The van der Waals surface area contributed by atoms with Gasteiger partial charge in [-0.2, -0.15) is 0 Å². The molecule has 0 saturated heterocycles. The lowest BCUT2D eigenvalue weighted by atomic mass is 10.2. The molecule has 0 aliphatic carbocycles. The molecular weight excluding hydrogens is 235 g/mol. The molecule has 1 atom stereocenters. The first-order valence-electron chi connectivity index (χ1n) is 5.60. The smallest absolute Gasteiger partial charge is 0.251 e. The van der Waals surface area contributed by atoms with Crippen LogP contribution < -0.4 is 11.1 Å². The maximum absolute atomic E-state index is 13.2. The molecule has 18 heavy (non-hydrogen) atoms. The summed E-state index contributed by atoms with van der Waals surface area (Å²) < 4.78 is 18.5. The molecule has 0 saturated carbocycles. The van der Waals surface area contributed by atoms with Gasteiger partial charge in [0.1, 0.15) is 5.82 Å². The van der Waals surface area contributed by atoms with Crippen LogP contribution in [-0.2, 0) is 4.74 Å². The third kappa shape index (κ3) is 4.18. The van der Waals surface area contributed by atoms with Gasteiger partial charge in [0.25, 0.3) is 5.91 Å². The second-order valence-corrected chi connectivity index (χ2v) is 3.88. The molecular formula is C13H17FN2O2. The van der Waals surface area contributed by atoms with E-state index in [0.29, 0.717) is 13.2 Å². The van der Waals surface area contributed by atoms with Crippen molar-refractivity contribution in [2.45, 2.75) is 13.0 Å². The zero-order valence-corrected chi connectivity index (χ0v) is 10.3. The van der Waals surface area contributed by atoms with Crippen molar-refractivity contribution >= 4 is 11.6 Å². The van der Waals surface area contributed by atoms with Gasteiger partial charge in [-0.3, -0.25) is 4.79 Å². The van der Waals surface area contributed by atoms with E-state index in [1.54, 1.807) is 6.08 Å². The predicted molar refractivity (Wildman–Crippen MR) is 68.8 cm³/mol. The van der Waals surface area contributed by atoms with E-state index in [0.717, 1.165) is 6.07 Å². The van der Waals surface area contributed by atoms with E-state index in [1.807, 2.05) is 6.92 Å². The first kappa shape index (κ1) is 14.2. The molecule has 0 aromatic heterocycles. The number of amides is 1. The van der Waals surface area contributed by atoms with Gasteiger partial charge >= 0.3 is 0 Å². The zero-order valence-electron chi connectivity index (χ0n) is 10.3. The van der Waals surface area contributed by atoms with Crippen molar-refractivity contribution < 1.29 is 13.9 Å². The van der Waals surface area contributed by atoms with E-state index in [2.05, 4.69) is 11.9 Å². The lowest BCUT2D eigenvalue weighted by molar-refractivity contribution is 0.0769. The Balaban J connectivity index is 2.49. The van der Waals surface area contributed by atoms with Gasteiger partial charge in [0, 0.05) is 12.1 Å². The van der Waals surface area contributed by atoms with E-state index < -0.39 is 5.82 Å². The SMILES string of the molecule is C=CCOC(C)CNC(=O)c1ccc(N)c(F)c1. The minimum Gasteiger partial charge on any atom is -0.396 e. The van der Waals surface area contributed by atoms with Gasteiger partial charge in [0.15, 0.2) is 0 Å². The summed E-state index contributed by atoms with van der Waals surface area (Å²) in [5.74, 6) is -0.957. The molecule has 0 aliphatic heterocycles. The van der Waals surface area contributed by atoms with Crippen molar-refractivity contribution in [2.75, 3.05) is 18.9 Å². The third-order valence-corrected chi connectivity index (χ3v) is 2.31. The van der Waals surface area contributed by atoms with Crippen LogP contribution in [0.2, 0.25) is 0 Å². The Morgan fingerprint density at radius 1 is 1.67 bits per heavy atom. The number of carbonyl (C=O) groups excluding carboxylic acids is 1. The number of benzene rings is 1. The third-order valence-electron chi connectivity index (χ3n) is 2.31. The van der Waals surface area contributed by atoms with E-state index in [4.69, 9.17) is 10.5 Å². The molecule has 0 aliphatic rings. The average Bonchev–Trinajstić information content (AvgIpc) is 2.36. The first-order valence-corrected chi connectivity index (χ1v) is 5.60. The molecule has 1 aromatic carbocycles. The number of anilines is 1. The number of nitrogen functional groups attached to an aromatic ring is 1. The van der Waals surface area contributed by atoms with Crippen LogP contribution in [0.15, 0.2) is 30.9 Å². The van der Waals surface area contributed by atoms with Crippen LogP contribution in [0.3, 0.4) is 0 Å². The highest BCUT2D eigenvalue weighted by Gasteiger charge is 2.09. The maximum atomic E-state index is 13.2. The molecule has 98 valence electrons. The van der Waals surface area contributed by atoms with Gasteiger partial charge in [-0.25, -0.2) is 4.39 Å². The van der Waals surface area contributed by atoms with Gasteiger partial charge < -0.3 is 15.8 Å². The maximum Gasteiger partial charge on any atom is 0.251 e. The van der Waals surface area contributed by atoms with Gasteiger partial charge in [0.2, 0.25) is 0 Å². The van der Waals surface area contributed by atoms with Crippen LogP contribution in [-0.4, -0.2) is 25.2 Å². The number of nitrogens with one attached hydrogen (secondary N) is 1. The molecule has 0 spiro atoms. The fourth-order valence-corrected chi connectivity index (χ4v) is 1.30. The van der Waals surface area contributed by atoms with Crippen molar-refractivity contribution in [3.63, 3.8) is 0 Å². The van der Waals surface area contributed by atoms with Crippen molar-refractivity contribution in [1.82, 2.24) is 5.32 Å². The minimum absolute atomic E-state index is 0.0224. The Kier molecular flexibility index (Phi) is 5.32. The average molecular weight is 252 g/mol. The van der Waals surface area contributed by atoms with Crippen LogP contribution in [0.25, 0.3) is 0 Å². The molecule has 4 nitrogen and oxygen atoms in total. The Hall–Kier alpha value is -1.88. The zero-order chi connectivity index (χ0) is 13.5. The second kappa shape index (κ2) is 6.76. The number of hydrogen-bond donors (Lipinski definition) is 2. The van der Waals surface area contributed by atoms with E-state index in [-0.39, 0.29) is 23.3 Å². The number of carbonyl (C=O) groups is 1. The highest BCUT2D eigenvalue weighted by atomic mass is 19.1. The monoisotopic (exact) mass is 252 g/mol. The van der Waals surface area contributed by atoms with E-state index in [9.17, 15) is 9.18 Å². The molecule has 0 fully saturated rings. The topological polar surface area (TPSA) is 64.3 Å². The number of hydrogen-bond acceptors (Lipinski definition) is 3. The summed E-state index contributed by atoms with van der Waals surface area (Å²) in [6.07, 6.45) is 1.50. The molecule has 1 unspecified atom stereocenters. The number of ether oxygens (including phenoxy) is 1. The van der Waals surface area contributed by atoms with Crippen molar-refractivity contribution in [2.24, 2.45) is 0 Å². The molecule has 0 radical (unpaired) electrons. The molecule has 0 heterocycles. The number of nitrogens with two attached hydrogens (primary N) is 1. The predicted octanol–water partition coefficient (Wildman–Crippen LogP) is 1.73. The lowest BCUT2D eigenvalue weighted by Gasteiger charge is -2.12. The highest BCUT2D eigenvalue weighted by Crippen LogP contribution is 2.11. The van der Waals surface area contributed by atoms with Gasteiger partial charge in [-0.05, 0) is 25.1 Å². The molecule has 1 aromatic rings. The second-order valence-electron chi connectivity index (χ2n) is 3.88. The Labute approximate surface area is 106 Å². The molecule has 1 amide bonds. The van der Waals surface area contributed by atoms with Crippen molar-refractivity contribution in [3.8, 4) is 0 Å². The fourth-order valence-electron chi connectivity index (χ4n) is 1.30. The van der Waals surface area contributed by atoms with Crippen molar-refractivity contribution in [3.05, 3.63) is 42.2 Å². The summed E-state index contributed by atoms with van der Waals surface area (Å²) in [6, 6.07) is 3.95. The molecule has 3 N–H and O–H groups in total. The van der Waals surface area contributed by atoms with Crippen LogP contribution in [0, 0.1) is 5.82 Å². The first-order chi connectivity index (χ1) is 8.54. The summed E-state index contributed by atoms with van der Waals surface area (Å²) in [6.45, 7) is 6.12. The van der Waals surface area contributed by atoms with Gasteiger partial charge in [-0.1, -0.05) is 6.08 Å². The molecule has 0 bridgehead atoms. The van der Waals surface area contributed by atoms with Crippen LogP contribution in [0.4, 0.5) is 10.1 Å². The summed E-state index contributed by atoms with van der Waals surface area (Å²) in [5, 5.41) is 2.65. The fraction of sp³-hybridized carbons (Fsp3) is 0.308. The Bertz CT molecular complexity index is 435. The molecule has 1 rings (SSSR count). The quantitative estimate of drug-likeness (QED) is 0.598. The number of halogens is 1. The lowest BCUT2D eigenvalue weighted by Crippen LogP contribution is -2.32. The van der Waals surface area contributed by atoms with E-state index in [1.165, 1.54) is 12.1 Å². The van der Waals surface area contributed by atoms with Crippen LogP contribution in [0.5, 0.6) is 0 Å². The largest absolute Gasteiger partial charge is 0.396 e. The van der Waals surface area contributed by atoms with Crippen LogP contribution in [0.1, 0.15) is 17.3 Å². The van der Waals surface area contributed by atoms with Crippen molar-refractivity contribution in [1.29, 1.82) is 0 Å². The standard InChI is InChI=1S/C13H17FN2O2/c1-3-6-18-9(2)8-16-13(17)10-4-5-12(15)11(14)7-10/h3-5,7,9H,1,6,8,15H2,2H3,(H,16,17). The Morgan fingerprint density at radius 3 is 3.00 bits per heavy atom. The summed E-state index contributed by atoms with van der Waals surface area (Å²) in [7, 11) is 0. The van der Waals surface area contributed by atoms with Gasteiger partial charge in [0.05, 0.1) is 18.4 Å². The highest BCUT2D eigenvalue weighted by molar-refractivity contribution is 5.94. The minimum atomic E-state index is -0.599. The van der Waals surface area contributed by atoms with E-state index >= 15 is 0 Å². The normalized spacial score (nSPS) is 11.9. The van der Waals surface area contributed by atoms with Crippen LogP contribution >= 0.6 is 0 Å². The molecule has 5 heteroatoms. The summed E-state index contributed by atoms with van der Waals surface area (Å²) in [5.41, 5.74) is 5.59. The summed E-state index contributed by atoms with van der Waals surface area (Å²) in [4.78, 5) is 11.7.